The highest BCUT2D eigenvalue weighted by molar-refractivity contribution is 5.76. The number of piperidine rings is 1. The van der Waals surface area contributed by atoms with Crippen molar-refractivity contribution >= 4 is 5.91 Å². The zero-order chi connectivity index (χ0) is 18.1. The number of carbonyl (C=O) groups is 1. The Morgan fingerprint density at radius 2 is 1.58 bits per heavy atom. The van der Waals surface area contributed by atoms with Gasteiger partial charge in [0.05, 0.1) is 0 Å². The van der Waals surface area contributed by atoms with E-state index < -0.39 is 0 Å². The van der Waals surface area contributed by atoms with E-state index in [1.165, 1.54) is 32.1 Å². The molecule has 1 amide bonds. The van der Waals surface area contributed by atoms with Crippen LogP contribution in [0.25, 0.3) is 0 Å². The van der Waals surface area contributed by atoms with Crippen LogP contribution in [0, 0.1) is 5.92 Å². The van der Waals surface area contributed by atoms with E-state index in [4.69, 9.17) is 0 Å². The first kappa shape index (κ1) is 17.7. The Balaban J connectivity index is 1.36. The molecule has 1 aliphatic heterocycles. The van der Waals surface area contributed by atoms with Gasteiger partial charge >= 0.3 is 0 Å². The molecule has 144 valence electrons. The standard InChI is InChI=1S/C21H32N2O3/c24-19(22-13-5-8-15-7-1-4-11-18(15)22)12-6-14-23-20(25)16-9-2-3-10-17(16)21(23)26/h15,18,25-26H,1-14H2. The molecular formula is C21H32N2O3. The molecule has 5 heteroatoms. The van der Waals surface area contributed by atoms with Gasteiger partial charge in [0, 0.05) is 36.7 Å². The maximum Gasteiger partial charge on any atom is 0.222 e. The van der Waals surface area contributed by atoms with Gasteiger partial charge in [0.1, 0.15) is 0 Å². The third kappa shape index (κ3) is 3.21. The van der Waals surface area contributed by atoms with E-state index >= 15 is 0 Å². The second-order valence-electron chi connectivity index (χ2n) is 8.41. The second kappa shape index (κ2) is 7.53. The maximum atomic E-state index is 12.8. The summed E-state index contributed by atoms with van der Waals surface area (Å²) in [7, 11) is 0. The summed E-state index contributed by atoms with van der Waals surface area (Å²) in [6.45, 7) is 1.42. The Kier molecular flexibility index (Phi) is 5.14. The van der Waals surface area contributed by atoms with Gasteiger partial charge in [-0.1, -0.05) is 12.8 Å². The first-order valence-electron chi connectivity index (χ1n) is 10.6. The number of hydrogen-bond donors (Lipinski definition) is 2. The predicted octanol–water partition coefficient (Wildman–Crippen LogP) is 3.74. The quantitative estimate of drug-likeness (QED) is 0.860. The van der Waals surface area contributed by atoms with Gasteiger partial charge in [0.25, 0.3) is 0 Å². The third-order valence-corrected chi connectivity index (χ3v) is 6.85. The van der Waals surface area contributed by atoms with Crippen molar-refractivity contribution < 1.29 is 15.0 Å². The molecule has 0 bridgehead atoms. The van der Waals surface area contributed by atoms with Crippen LogP contribution in [0.5, 0.6) is 11.8 Å². The van der Waals surface area contributed by atoms with Crippen LogP contribution in [0.4, 0.5) is 0 Å². The van der Waals surface area contributed by atoms with Gasteiger partial charge in [-0.15, -0.1) is 0 Å². The molecule has 0 spiro atoms. The van der Waals surface area contributed by atoms with E-state index in [0.29, 0.717) is 31.3 Å². The van der Waals surface area contributed by atoms with Crippen LogP contribution in [-0.2, 0) is 24.2 Å². The average Bonchev–Trinajstić information content (AvgIpc) is 2.92. The van der Waals surface area contributed by atoms with Crippen molar-refractivity contribution in [3.05, 3.63) is 11.1 Å². The number of aromatic hydroxyl groups is 2. The fourth-order valence-corrected chi connectivity index (χ4v) is 5.50. The fraction of sp³-hybridized carbons (Fsp3) is 0.762. The van der Waals surface area contributed by atoms with Crippen molar-refractivity contribution in [1.82, 2.24) is 9.47 Å². The van der Waals surface area contributed by atoms with E-state index in [-0.39, 0.29) is 17.7 Å². The molecule has 2 fully saturated rings. The largest absolute Gasteiger partial charge is 0.494 e. The molecule has 26 heavy (non-hydrogen) atoms. The highest BCUT2D eigenvalue weighted by Gasteiger charge is 2.35. The fourth-order valence-electron chi connectivity index (χ4n) is 5.50. The summed E-state index contributed by atoms with van der Waals surface area (Å²) in [4.78, 5) is 14.9. The molecule has 2 unspecified atom stereocenters. The molecule has 1 saturated carbocycles. The smallest absolute Gasteiger partial charge is 0.222 e. The summed E-state index contributed by atoms with van der Waals surface area (Å²) < 4.78 is 1.61. The van der Waals surface area contributed by atoms with Gasteiger partial charge in [-0.25, -0.2) is 0 Å². The Labute approximate surface area is 156 Å². The number of fused-ring (bicyclic) bond motifs is 2. The number of amides is 1. The molecule has 2 atom stereocenters. The normalized spacial score (nSPS) is 25.6. The summed E-state index contributed by atoms with van der Waals surface area (Å²) in [5.74, 6) is 1.41. The topological polar surface area (TPSA) is 65.7 Å². The SMILES string of the molecule is O=C(CCCn1c(O)c2c(c1O)CCCC2)N1CCCC2CCCCC21. The van der Waals surface area contributed by atoms with Crippen molar-refractivity contribution in [2.24, 2.45) is 5.92 Å². The van der Waals surface area contributed by atoms with Crippen LogP contribution in [0.1, 0.15) is 75.3 Å². The number of hydrogen-bond acceptors (Lipinski definition) is 3. The van der Waals surface area contributed by atoms with Crippen LogP contribution >= 0.6 is 0 Å². The van der Waals surface area contributed by atoms with Crippen molar-refractivity contribution in [2.75, 3.05) is 6.54 Å². The Morgan fingerprint density at radius 1 is 0.923 bits per heavy atom. The van der Waals surface area contributed by atoms with Gasteiger partial charge in [-0.3, -0.25) is 9.36 Å². The van der Waals surface area contributed by atoms with Gasteiger partial charge in [-0.05, 0) is 63.7 Å². The minimum Gasteiger partial charge on any atom is -0.494 e. The lowest BCUT2D eigenvalue weighted by molar-refractivity contribution is -0.137. The molecule has 1 aromatic rings. The van der Waals surface area contributed by atoms with Crippen LogP contribution in [0.15, 0.2) is 0 Å². The zero-order valence-electron chi connectivity index (χ0n) is 15.8. The first-order valence-corrected chi connectivity index (χ1v) is 10.6. The molecule has 5 nitrogen and oxygen atoms in total. The monoisotopic (exact) mass is 360 g/mol. The van der Waals surface area contributed by atoms with Gasteiger partial charge in [0.2, 0.25) is 5.91 Å². The molecule has 0 aromatic carbocycles. The highest BCUT2D eigenvalue weighted by atomic mass is 16.3. The predicted molar refractivity (Wildman–Crippen MR) is 100 cm³/mol. The molecule has 4 rings (SSSR count). The number of carbonyl (C=O) groups excluding carboxylic acids is 1. The third-order valence-electron chi connectivity index (χ3n) is 6.85. The molecule has 2 N–H and O–H groups in total. The van der Waals surface area contributed by atoms with Crippen LogP contribution in [-0.4, -0.2) is 38.2 Å². The summed E-state index contributed by atoms with van der Waals surface area (Å²) >= 11 is 0. The molecule has 3 aliphatic rings. The molecule has 1 saturated heterocycles. The second-order valence-corrected chi connectivity index (χ2v) is 8.41. The number of nitrogens with zero attached hydrogens (tertiary/aromatic N) is 2. The maximum absolute atomic E-state index is 12.8. The van der Waals surface area contributed by atoms with Gasteiger partial charge in [0.15, 0.2) is 11.8 Å². The summed E-state index contributed by atoms with van der Waals surface area (Å²) in [6, 6.07) is 0.464. The van der Waals surface area contributed by atoms with Gasteiger partial charge in [-0.2, -0.15) is 0 Å². The number of likely N-dealkylation sites (tertiary alicyclic amines) is 1. The van der Waals surface area contributed by atoms with Crippen molar-refractivity contribution in [1.29, 1.82) is 0 Å². The Bertz CT molecular complexity index is 635. The van der Waals surface area contributed by atoms with E-state index in [0.717, 1.165) is 49.8 Å². The van der Waals surface area contributed by atoms with E-state index in [9.17, 15) is 15.0 Å². The average molecular weight is 360 g/mol. The zero-order valence-corrected chi connectivity index (χ0v) is 15.8. The molecule has 0 radical (unpaired) electrons. The van der Waals surface area contributed by atoms with Crippen LogP contribution < -0.4 is 0 Å². The minimum atomic E-state index is 0.218. The van der Waals surface area contributed by atoms with Crippen molar-refractivity contribution in [3.63, 3.8) is 0 Å². The molecular weight excluding hydrogens is 328 g/mol. The molecule has 2 aliphatic carbocycles. The lowest BCUT2D eigenvalue weighted by Gasteiger charge is -2.44. The lowest BCUT2D eigenvalue weighted by Crippen LogP contribution is -2.49. The minimum absolute atomic E-state index is 0.218. The number of aromatic nitrogens is 1. The summed E-state index contributed by atoms with van der Waals surface area (Å²) in [5.41, 5.74) is 1.84. The highest BCUT2D eigenvalue weighted by Crippen LogP contribution is 2.39. The molecule has 1 aromatic heterocycles. The summed E-state index contributed by atoms with van der Waals surface area (Å²) in [5, 5.41) is 20.9. The molecule has 2 heterocycles. The van der Waals surface area contributed by atoms with E-state index in [1.54, 1.807) is 4.57 Å². The van der Waals surface area contributed by atoms with E-state index in [2.05, 4.69) is 4.90 Å². The van der Waals surface area contributed by atoms with Gasteiger partial charge < -0.3 is 15.1 Å². The first-order chi connectivity index (χ1) is 12.7. The Hall–Kier alpha value is -1.65. The summed E-state index contributed by atoms with van der Waals surface area (Å²) in [6.07, 6.45) is 12.4. The van der Waals surface area contributed by atoms with Crippen LogP contribution in [0.2, 0.25) is 0 Å². The van der Waals surface area contributed by atoms with Crippen molar-refractivity contribution in [3.8, 4) is 11.8 Å². The number of rotatable bonds is 4. The van der Waals surface area contributed by atoms with Crippen LogP contribution in [0.3, 0.4) is 0 Å². The van der Waals surface area contributed by atoms with Crippen molar-refractivity contribution in [2.45, 2.75) is 89.6 Å². The Morgan fingerprint density at radius 3 is 2.31 bits per heavy atom. The lowest BCUT2D eigenvalue weighted by atomic mass is 9.78. The van der Waals surface area contributed by atoms with E-state index in [1.807, 2.05) is 0 Å².